The van der Waals surface area contributed by atoms with E-state index in [1.54, 1.807) is 0 Å². The molecule has 156 valence electrons. The Morgan fingerprint density at radius 1 is 0.778 bits per heavy atom. The van der Waals surface area contributed by atoms with Crippen molar-refractivity contribution in [3.63, 3.8) is 0 Å². The largest absolute Gasteiger partial charge is 0.544 e. The number of carbonyl (C=O) groups excluding carboxylic acids is 1. The van der Waals surface area contributed by atoms with Crippen molar-refractivity contribution in [1.82, 2.24) is 0 Å². The van der Waals surface area contributed by atoms with Gasteiger partial charge in [0.25, 0.3) is 0 Å². The van der Waals surface area contributed by atoms with Gasteiger partial charge in [-0.25, -0.2) is 9.59 Å². The predicted octanol–water partition coefficient (Wildman–Crippen LogP) is 2.20. The number of nitrogens with zero attached hydrogens (tertiary/aromatic N) is 1. The Morgan fingerprint density at radius 3 is 1.74 bits per heavy atom. The Labute approximate surface area is 162 Å². The molecule has 0 bridgehead atoms. The van der Waals surface area contributed by atoms with Crippen LogP contribution in [0.2, 0.25) is 0 Å². The van der Waals surface area contributed by atoms with Gasteiger partial charge in [0.2, 0.25) is 0 Å². The van der Waals surface area contributed by atoms with Gasteiger partial charge in [0.1, 0.15) is 6.54 Å². The number of allylic oxidation sites excluding steroid dienone is 1. The highest BCUT2D eigenvalue weighted by molar-refractivity contribution is 5.72. The minimum atomic E-state index is -1.44. The first-order chi connectivity index (χ1) is 12.8. The van der Waals surface area contributed by atoms with Crippen molar-refractivity contribution in [2.24, 2.45) is 0 Å². The number of aliphatic carboxylic acids is 3. The molecule has 0 aliphatic rings. The lowest BCUT2D eigenvalue weighted by Crippen LogP contribution is -2.59. The first-order valence-corrected chi connectivity index (χ1v) is 9.95. The van der Waals surface area contributed by atoms with Gasteiger partial charge >= 0.3 is 11.9 Å². The Hall–Kier alpha value is -1.89. The van der Waals surface area contributed by atoms with E-state index >= 15 is 0 Å². The molecule has 0 fully saturated rings. The molecule has 0 aromatic heterocycles. The zero-order valence-electron chi connectivity index (χ0n) is 16.5. The van der Waals surface area contributed by atoms with E-state index in [0.717, 1.165) is 12.8 Å². The van der Waals surface area contributed by atoms with Gasteiger partial charge in [-0.05, 0) is 12.8 Å². The second kappa shape index (κ2) is 15.2. The number of hydrogen-bond donors (Lipinski definition) is 2. The summed E-state index contributed by atoms with van der Waals surface area (Å²) in [6, 6.07) is 0. The van der Waals surface area contributed by atoms with Crippen LogP contribution in [-0.2, 0) is 14.4 Å². The minimum Gasteiger partial charge on any atom is -0.544 e. The summed E-state index contributed by atoms with van der Waals surface area (Å²) in [5.41, 5.74) is 0. The van der Waals surface area contributed by atoms with Crippen LogP contribution in [-0.4, -0.2) is 58.8 Å². The maximum Gasteiger partial charge on any atom is 0.359 e. The van der Waals surface area contributed by atoms with Crippen molar-refractivity contribution in [1.29, 1.82) is 0 Å². The number of unbranched alkanes of at least 4 members (excludes halogenated alkanes) is 8. The number of carboxylic acid groups (broad SMARTS) is 3. The zero-order chi connectivity index (χ0) is 20.5. The SMILES string of the molecule is CCCCCCCCCC/C=C/CC[N+](CC(=O)[O-])(CC(=O)O)CC(=O)O. The third-order valence-electron chi connectivity index (χ3n) is 4.57. The summed E-state index contributed by atoms with van der Waals surface area (Å²) >= 11 is 0. The Morgan fingerprint density at radius 2 is 1.26 bits per heavy atom. The summed E-state index contributed by atoms with van der Waals surface area (Å²) in [4.78, 5) is 33.1. The van der Waals surface area contributed by atoms with Crippen LogP contribution in [0.25, 0.3) is 0 Å². The second-order valence-corrected chi connectivity index (χ2v) is 7.22. The molecular weight excluding hydrogens is 350 g/mol. The van der Waals surface area contributed by atoms with Crippen LogP contribution in [0.5, 0.6) is 0 Å². The quantitative estimate of drug-likeness (QED) is 0.212. The summed E-state index contributed by atoms with van der Waals surface area (Å²) in [6.07, 6.45) is 15.2. The molecule has 0 atom stereocenters. The second-order valence-electron chi connectivity index (χ2n) is 7.22. The van der Waals surface area contributed by atoms with Gasteiger partial charge in [0.05, 0.1) is 12.5 Å². The van der Waals surface area contributed by atoms with Crippen LogP contribution in [0.15, 0.2) is 12.2 Å². The number of hydrogen-bond acceptors (Lipinski definition) is 4. The van der Waals surface area contributed by atoms with E-state index in [2.05, 4.69) is 6.92 Å². The van der Waals surface area contributed by atoms with Crippen molar-refractivity contribution in [3.8, 4) is 0 Å². The monoisotopic (exact) mass is 385 g/mol. The molecule has 0 aliphatic carbocycles. The van der Waals surface area contributed by atoms with Crippen LogP contribution in [0.3, 0.4) is 0 Å². The molecule has 0 saturated heterocycles. The highest BCUT2D eigenvalue weighted by atomic mass is 16.4. The first-order valence-electron chi connectivity index (χ1n) is 9.95. The molecule has 0 amide bonds. The molecule has 27 heavy (non-hydrogen) atoms. The Bertz CT molecular complexity index is 434. The summed E-state index contributed by atoms with van der Waals surface area (Å²) in [5.74, 6) is -3.89. The molecule has 0 unspecified atom stereocenters. The van der Waals surface area contributed by atoms with Crippen molar-refractivity contribution >= 4 is 17.9 Å². The Kier molecular flexibility index (Phi) is 14.1. The summed E-state index contributed by atoms with van der Waals surface area (Å²) in [6.45, 7) is 0.625. The van der Waals surface area contributed by atoms with Gasteiger partial charge in [-0.3, -0.25) is 0 Å². The lowest BCUT2D eigenvalue weighted by atomic mass is 10.1. The maximum absolute atomic E-state index is 11.1. The summed E-state index contributed by atoms with van der Waals surface area (Å²) in [7, 11) is 0. The minimum absolute atomic E-state index is 0.139. The molecule has 7 nitrogen and oxygen atoms in total. The molecule has 2 N–H and O–H groups in total. The summed E-state index contributed by atoms with van der Waals surface area (Å²) < 4.78 is -0.547. The third-order valence-corrected chi connectivity index (χ3v) is 4.57. The first kappa shape index (κ1) is 25.1. The highest BCUT2D eigenvalue weighted by Crippen LogP contribution is 2.11. The molecule has 0 radical (unpaired) electrons. The fraction of sp³-hybridized carbons (Fsp3) is 0.750. The van der Waals surface area contributed by atoms with Crippen molar-refractivity contribution in [2.45, 2.75) is 71.1 Å². The molecule has 0 spiro atoms. The molecule has 7 heteroatoms. The normalized spacial score (nSPS) is 11.7. The van der Waals surface area contributed by atoms with Crippen LogP contribution in [0, 0.1) is 0 Å². The van der Waals surface area contributed by atoms with E-state index in [1.165, 1.54) is 44.9 Å². The van der Waals surface area contributed by atoms with Gasteiger partial charge in [-0.15, -0.1) is 0 Å². The zero-order valence-corrected chi connectivity index (χ0v) is 16.5. The Balaban J connectivity index is 4.23. The van der Waals surface area contributed by atoms with Gasteiger partial charge < -0.3 is 24.6 Å². The molecule has 0 aliphatic heterocycles. The highest BCUT2D eigenvalue weighted by Gasteiger charge is 2.33. The van der Waals surface area contributed by atoms with Crippen molar-refractivity contribution in [3.05, 3.63) is 12.2 Å². The molecule has 0 rings (SSSR count). The predicted molar refractivity (Wildman–Crippen MR) is 101 cm³/mol. The topological polar surface area (TPSA) is 115 Å². The number of rotatable bonds is 18. The molecule has 0 saturated carbocycles. The number of carbonyl (C=O) groups is 3. The standard InChI is InChI=1S/C20H35NO6/c1-2-3-4-5-6-7-8-9-10-11-12-13-14-21(15-18(22)23,16-19(24)25)17-20(26)27/h11-12H,2-10,13-17H2,1H3,(H2-,22,23,24,25,26,27)/b12-11+. The third kappa shape index (κ3) is 14.9. The average Bonchev–Trinajstić information content (AvgIpc) is 2.53. The number of quaternary nitrogens is 1. The van der Waals surface area contributed by atoms with Crippen LogP contribution in [0.1, 0.15) is 71.1 Å². The molecule has 0 aromatic rings. The van der Waals surface area contributed by atoms with E-state index in [9.17, 15) is 19.5 Å². The van der Waals surface area contributed by atoms with E-state index in [1.807, 2.05) is 12.2 Å². The van der Waals surface area contributed by atoms with E-state index in [0.29, 0.717) is 6.42 Å². The lowest BCUT2D eigenvalue weighted by Gasteiger charge is -2.35. The van der Waals surface area contributed by atoms with E-state index in [-0.39, 0.29) is 6.54 Å². The summed E-state index contributed by atoms with van der Waals surface area (Å²) in [5, 5.41) is 29.0. The van der Waals surface area contributed by atoms with Crippen molar-refractivity contribution < 1.29 is 34.2 Å². The lowest BCUT2D eigenvalue weighted by molar-refractivity contribution is -0.908. The van der Waals surface area contributed by atoms with Gasteiger partial charge in [0.15, 0.2) is 13.1 Å². The van der Waals surface area contributed by atoms with E-state index < -0.39 is 42.0 Å². The van der Waals surface area contributed by atoms with Crippen molar-refractivity contribution in [2.75, 3.05) is 26.2 Å². The van der Waals surface area contributed by atoms with Gasteiger partial charge in [0, 0.05) is 6.42 Å². The van der Waals surface area contributed by atoms with Gasteiger partial charge in [-0.2, -0.15) is 0 Å². The average molecular weight is 386 g/mol. The fourth-order valence-corrected chi connectivity index (χ4v) is 3.23. The van der Waals surface area contributed by atoms with Gasteiger partial charge in [-0.1, -0.05) is 64.0 Å². The maximum atomic E-state index is 11.1. The number of carboxylic acids is 3. The van der Waals surface area contributed by atoms with Crippen LogP contribution < -0.4 is 5.11 Å². The smallest absolute Gasteiger partial charge is 0.359 e. The molecular formula is C20H35NO6. The molecule has 0 heterocycles. The van der Waals surface area contributed by atoms with Crippen LogP contribution >= 0.6 is 0 Å². The fourth-order valence-electron chi connectivity index (χ4n) is 3.23. The van der Waals surface area contributed by atoms with E-state index in [4.69, 9.17) is 10.2 Å². The molecule has 0 aromatic carbocycles. The van der Waals surface area contributed by atoms with Crippen LogP contribution in [0.4, 0.5) is 0 Å².